The van der Waals surface area contributed by atoms with Crippen LogP contribution in [0.1, 0.15) is 58.9 Å². The lowest BCUT2D eigenvalue weighted by Crippen LogP contribution is -2.31. The van der Waals surface area contributed by atoms with E-state index in [0.717, 1.165) is 53.1 Å². The molecule has 0 spiro atoms. The SMILES string of the molecule is CC(=O)N1CCC[C@@H]1c1nc(CN(C)C(=O)c2ccc3[nH]c(C)c(C)c3c2)cc(N(C)C)n1. The standard InChI is InChI=1S/C25H32N6O2/c1-15-16(2)26-21-10-9-18(12-20(15)21)25(33)30(6)14-19-13-23(29(4)5)28-24(27-19)22-8-7-11-31(22)17(3)32/h9-10,12-13,22,26H,7-8,11,14H2,1-6H3/t22-/m1/s1. The third kappa shape index (κ3) is 4.42. The zero-order chi connectivity index (χ0) is 23.9. The summed E-state index contributed by atoms with van der Waals surface area (Å²) in [6.45, 7) is 6.77. The van der Waals surface area contributed by atoms with Crippen molar-refractivity contribution < 1.29 is 9.59 Å². The van der Waals surface area contributed by atoms with Crippen LogP contribution < -0.4 is 4.90 Å². The molecule has 1 saturated heterocycles. The number of likely N-dealkylation sites (tertiary alicyclic amines) is 1. The fraction of sp³-hybridized carbons (Fsp3) is 0.440. The molecule has 1 atom stereocenters. The molecule has 1 aliphatic heterocycles. The number of carbonyl (C=O) groups is 2. The van der Waals surface area contributed by atoms with Gasteiger partial charge in [-0.3, -0.25) is 9.59 Å². The smallest absolute Gasteiger partial charge is 0.253 e. The third-order valence-corrected chi connectivity index (χ3v) is 6.50. The van der Waals surface area contributed by atoms with Crippen LogP contribution in [0.3, 0.4) is 0 Å². The van der Waals surface area contributed by atoms with Crippen LogP contribution in [0.25, 0.3) is 10.9 Å². The van der Waals surface area contributed by atoms with Crippen molar-refractivity contribution >= 4 is 28.5 Å². The zero-order valence-electron chi connectivity index (χ0n) is 20.3. The summed E-state index contributed by atoms with van der Waals surface area (Å²) in [5, 5.41) is 1.07. The molecule has 2 aromatic heterocycles. The number of aromatic amines is 1. The van der Waals surface area contributed by atoms with Crippen molar-refractivity contribution in [1.82, 2.24) is 24.8 Å². The Labute approximate surface area is 194 Å². The summed E-state index contributed by atoms with van der Waals surface area (Å²) < 4.78 is 0. The molecule has 3 aromatic rings. The number of hydrogen-bond acceptors (Lipinski definition) is 5. The molecular weight excluding hydrogens is 416 g/mol. The van der Waals surface area contributed by atoms with Gasteiger partial charge in [-0.15, -0.1) is 0 Å². The lowest BCUT2D eigenvalue weighted by atomic mass is 10.1. The van der Waals surface area contributed by atoms with Crippen molar-refractivity contribution in [2.24, 2.45) is 0 Å². The lowest BCUT2D eigenvalue weighted by molar-refractivity contribution is -0.129. The van der Waals surface area contributed by atoms with Gasteiger partial charge in [-0.05, 0) is 50.5 Å². The van der Waals surface area contributed by atoms with E-state index in [1.165, 1.54) is 0 Å². The van der Waals surface area contributed by atoms with E-state index in [2.05, 4.69) is 11.9 Å². The van der Waals surface area contributed by atoms with Crippen molar-refractivity contribution in [1.29, 1.82) is 0 Å². The first-order chi connectivity index (χ1) is 15.7. The highest BCUT2D eigenvalue weighted by atomic mass is 16.2. The lowest BCUT2D eigenvalue weighted by Gasteiger charge is -2.24. The number of benzene rings is 1. The molecule has 1 aliphatic rings. The van der Waals surface area contributed by atoms with Crippen LogP contribution in [0.5, 0.6) is 0 Å². The Kier molecular flexibility index (Phi) is 6.10. The second-order valence-corrected chi connectivity index (χ2v) is 9.14. The molecule has 4 rings (SSSR count). The molecule has 0 bridgehead atoms. The molecule has 1 N–H and O–H groups in total. The number of nitrogens with one attached hydrogen (secondary N) is 1. The number of aromatic nitrogens is 3. The second-order valence-electron chi connectivity index (χ2n) is 9.14. The van der Waals surface area contributed by atoms with E-state index >= 15 is 0 Å². The van der Waals surface area contributed by atoms with E-state index in [4.69, 9.17) is 9.97 Å². The minimum Gasteiger partial charge on any atom is -0.363 e. The first-order valence-electron chi connectivity index (χ1n) is 11.3. The van der Waals surface area contributed by atoms with E-state index in [9.17, 15) is 9.59 Å². The highest BCUT2D eigenvalue weighted by Gasteiger charge is 2.31. The van der Waals surface area contributed by atoms with Crippen LogP contribution in [0, 0.1) is 13.8 Å². The number of anilines is 1. The van der Waals surface area contributed by atoms with Crippen molar-refractivity contribution in [3.05, 3.63) is 52.6 Å². The van der Waals surface area contributed by atoms with Gasteiger partial charge >= 0.3 is 0 Å². The number of carbonyl (C=O) groups excluding carboxylic acids is 2. The topological polar surface area (TPSA) is 85.4 Å². The molecular formula is C25H32N6O2. The van der Waals surface area contributed by atoms with Gasteiger partial charge in [0.15, 0.2) is 5.82 Å². The average Bonchev–Trinajstić information content (AvgIpc) is 3.38. The van der Waals surface area contributed by atoms with Gasteiger partial charge in [-0.25, -0.2) is 9.97 Å². The van der Waals surface area contributed by atoms with Crippen LogP contribution in [0.15, 0.2) is 24.3 Å². The van der Waals surface area contributed by atoms with Crippen LogP contribution in [-0.4, -0.2) is 64.3 Å². The molecule has 33 heavy (non-hydrogen) atoms. The number of hydrogen-bond donors (Lipinski definition) is 1. The van der Waals surface area contributed by atoms with Crippen LogP contribution in [-0.2, 0) is 11.3 Å². The van der Waals surface area contributed by atoms with E-state index in [0.29, 0.717) is 17.9 Å². The van der Waals surface area contributed by atoms with Gasteiger partial charge in [-0.1, -0.05) is 0 Å². The number of H-pyrrole nitrogens is 1. The Hall–Kier alpha value is -3.42. The molecule has 8 nitrogen and oxygen atoms in total. The summed E-state index contributed by atoms with van der Waals surface area (Å²) in [6, 6.07) is 7.55. The Morgan fingerprint density at radius 2 is 1.91 bits per heavy atom. The number of rotatable bonds is 5. The minimum atomic E-state index is -0.121. The largest absolute Gasteiger partial charge is 0.363 e. The van der Waals surface area contributed by atoms with Crippen LogP contribution in [0.2, 0.25) is 0 Å². The van der Waals surface area contributed by atoms with Crippen molar-refractivity contribution in [3.63, 3.8) is 0 Å². The molecule has 0 saturated carbocycles. The Morgan fingerprint density at radius 3 is 2.61 bits per heavy atom. The van der Waals surface area contributed by atoms with Crippen molar-refractivity contribution in [3.8, 4) is 0 Å². The third-order valence-electron chi connectivity index (χ3n) is 6.50. The van der Waals surface area contributed by atoms with Crippen molar-refractivity contribution in [2.75, 3.05) is 32.6 Å². The number of fused-ring (bicyclic) bond motifs is 1. The molecule has 0 radical (unpaired) electrons. The molecule has 2 amide bonds. The fourth-order valence-corrected chi connectivity index (χ4v) is 4.50. The van der Waals surface area contributed by atoms with Gasteiger partial charge in [0.2, 0.25) is 5.91 Å². The Morgan fingerprint density at radius 1 is 1.15 bits per heavy atom. The molecule has 0 unspecified atom stereocenters. The van der Waals surface area contributed by atoms with Crippen LogP contribution in [0.4, 0.5) is 5.82 Å². The second kappa shape index (κ2) is 8.84. The quantitative estimate of drug-likeness (QED) is 0.645. The van der Waals surface area contributed by atoms with Gasteiger partial charge in [0, 0.05) is 62.8 Å². The number of nitrogens with zero attached hydrogens (tertiary/aromatic N) is 5. The maximum atomic E-state index is 13.2. The molecule has 8 heteroatoms. The van der Waals surface area contributed by atoms with Gasteiger partial charge in [0.05, 0.1) is 18.3 Å². The summed E-state index contributed by atoms with van der Waals surface area (Å²) in [7, 11) is 5.65. The average molecular weight is 449 g/mol. The number of amides is 2. The zero-order valence-corrected chi connectivity index (χ0v) is 20.3. The summed E-state index contributed by atoms with van der Waals surface area (Å²) in [6.07, 6.45) is 1.79. The summed E-state index contributed by atoms with van der Waals surface area (Å²) >= 11 is 0. The highest BCUT2D eigenvalue weighted by Crippen LogP contribution is 2.31. The molecule has 174 valence electrons. The van der Waals surface area contributed by atoms with E-state index in [-0.39, 0.29) is 17.9 Å². The first kappa shape index (κ1) is 22.8. The van der Waals surface area contributed by atoms with Gasteiger partial charge < -0.3 is 19.7 Å². The molecule has 1 aromatic carbocycles. The Balaban J connectivity index is 1.61. The minimum absolute atomic E-state index is 0.0379. The molecule has 0 aliphatic carbocycles. The van der Waals surface area contributed by atoms with Crippen molar-refractivity contribution in [2.45, 2.75) is 46.2 Å². The maximum Gasteiger partial charge on any atom is 0.253 e. The normalized spacial score (nSPS) is 15.8. The Bertz CT molecular complexity index is 1220. The van der Waals surface area contributed by atoms with Crippen LogP contribution >= 0.6 is 0 Å². The summed E-state index contributed by atoms with van der Waals surface area (Å²) in [5.41, 5.74) is 4.70. The highest BCUT2D eigenvalue weighted by molar-refractivity contribution is 5.98. The monoisotopic (exact) mass is 448 g/mol. The molecule has 3 heterocycles. The summed E-state index contributed by atoms with van der Waals surface area (Å²) in [4.78, 5) is 43.6. The fourth-order valence-electron chi connectivity index (χ4n) is 4.50. The van der Waals surface area contributed by atoms with E-state index in [1.54, 1.807) is 18.9 Å². The van der Waals surface area contributed by atoms with E-state index in [1.807, 2.05) is 55.1 Å². The number of aryl methyl sites for hydroxylation is 2. The first-order valence-corrected chi connectivity index (χ1v) is 11.3. The predicted molar refractivity (Wildman–Crippen MR) is 129 cm³/mol. The van der Waals surface area contributed by atoms with Gasteiger partial charge in [-0.2, -0.15) is 0 Å². The summed E-state index contributed by atoms with van der Waals surface area (Å²) in [5.74, 6) is 1.39. The molecule has 1 fully saturated rings. The van der Waals surface area contributed by atoms with Gasteiger partial charge in [0.1, 0.15) is 5.82 Å². The van der Waals surface area contributed by atoms with Gasteiger partial charge in [0.25, 0.3) is 5.91 Å². The predicted octanol–water partition coefficient (Wildman–Crippen LogP) is 3.60. The van der Waals surface area contributed by atoms with E-state index < -0.39 is 0 Å². The maximum absolute atomic E-state index is 13.2.